The van der Waals surface area contributed by atoms with Gasteiger partial charge in [-0.1, -0.05) is 12.8 Å². The first-order valence-electron chi connectivity index (χ1n) is 6.40. The van der Waals surface area contributed by atoms with E-state index in [1.807, 2.05) is 0 Å². The highest BCUT2D eigenvalue weighted by molar-refractivity contribution is 4.91. The van der Waals surface area contributed by atoms with Crippen LogP contribution in [0.4, 0.5) is 13.2 Å². The third-order valence-corrected chi connectivity index (χ3v) is 4.24. The summed E-state index contributed by atoms with van der Waals surface area (Å²) in [6.07, 6.45) is -0.880. The summed E-state index contributed by atoms with van der Waals surface area (Å²) in [5.41, 5.74) is 6.06. The molecule has 4 unspecified atom stereocenters. The predicted molar refractivity (Wildman–Crippen MR) is 58.4 cm³/mol. The van der Waals surface area contributed by atoms with Gasteiger partial charge in [0.2, 0.25) is 0 Å². The number of hydrogen-bond acceptors (Lipinski definition) is 2. The highest BCUT2D eigenvalue weighted by Gasteiger charge is 2.48. The topological polar surface area (TPSA) is 35.2 Å². The fraction of sp³-hybridized carbons (Fsp3) is 1.00. The van der Waals surface area contributed by atoms with Crippen molar-refractivity contribution in [3.63, 3.8) is 0 Å². The Balaban J connectivity index is 2.04. The van der Waals surface area contributed by atoms with Gasteiger partial charge in [0, 0.05) is 12.6 Å². The van der Waals surface area contributed by atoms with E-state index < -0.39 is 18.0 Å². The first-order chi connectivity index (χ1) is 8.00. The van der Waals surface area contributed by atoms with Crippen molar-refractivity contribution in [3.05, 3.63) is 0 Å². The van der Waals surface area contributed by atoms with Gasteiger partial charge in [-0.05, 0) is 31.1 Å². The van der Waals surface area contributed by atoms with Gasteiger partial charge in [-0.15, -0.1) is 0 Å². The summed E-state index contributed by atoms with van der Waals surface area (Å²) in [6, 6.07) is -0.357. The molecule has 17 heavy (non-hydrogen) atoms. The quantitative estimate of drug-likeness (QED) is 0.819. The number of nitrogens with two attached hydrogens (primary N) is 1. The SMILES string of the molecule is NC(C1CCOC1)C1CCCCC1C(F)(F)F. The molecule has 5 heteroatoms. The molecule has 0 bridgehead atoms. The normalized spacial score (nSPS) is 37.1. The Morgan fingerprint density at radius 3 is 2.41 bits per heavy atom. The van der Waals surface area contributed by atoms with Gasteiger partial charge < -0.3 is 10.5 Å². The monoisotopic (exact) mass is 251 g/mol. The van der Waals surface area contributed by atoms with Gasteiger partial charge in [-0.2, -0.15) is 13.2 Å². The minimum atomic E-state index is -4.10. The zero-order valence-corrected chi connectivity index (χ0v) is 9.88. The first kappa shape index (κ1) is 13.1. The van der Waals surface area contributed by atoms with E-state index in [0.717, 1.165) is 12.8 Å². The molecule has 1 saturated heterocycles. The highest BCUT2D eigenvalue weighted by Crippen LogP contribution is 2.44. The lowest BCUT2D eigenvalue weighted by molar-refractivity contribution is -0.199. The summed E-state index contributed by atoms with van der Waals surface area (Å²) in [6.45, 7) is 1.17. The molecule has 1 heterocycles. The van der Waals surface area contributed by atoms with Gasteiger partial charge in [0.15, 0.2) is 0 Å². The van der Waals surface area contributed by atoms with Crippen LogP contribution in [0.15, 0.2) is 0 Å². The van der Waals surface area contributed by atoms with Crippen LogP contribution in [-0.4, -0.2) is 25.4 Å². The summed E-state index contributed by atoms with van der Waals surface area (Å²) < 4.78 is 44.1. The third kappa shape index (κ3) is 2.94. The van der Waals surface area contributed by atoms with Gasteiger partial charge >= 0.3 is 6.18 Å². The summed E-state index contributed by atoms with van der Waals surface area (Å²) in [5.74, 6) is -1.50. The lowest BCUT2D eigenvalue weighted by Crippen LogP contribution is -2.47. The van der Waals surface area contributed by atoms with Crippen LogP contribution in [0.5, 0.6) is 0 Å². The molecule has 1 aliphatic heterocycles. The molecule has 1 saturated carbocycles. The summed E-state index contributed by atoms with van der Waals surface area (Å²) in [4.78, 5) is 0. The first-order valence-corrected chi connectivity index (χ1v) is 6.40. The molecule has 0 spiro atoms. The zero-order valence-electron chi connectivity index (χ0n) is 9.88. The van der Waals surface area contributed by atoms with Gasteiger partial charge in [0.1, 0.15) is 0 Å². The summed E-state index contributed by atoms with van der Waals surface area (Å²) >= 11 is 0. The van der Waals surface area contributed by atoms with Gasteiger partial charge in [0.05, 0.1) is 12.5 Å². The van der Waals surface area contributed by atoms with Crippen LogP contribution in [0.2, 0.25) is 0 Å². The minimum Gasteiger partial charge on any atom is -0.381 e. The second-order valence-corrected chi connectivity index (χ2v) is 5.30. The van der Waals surface area contributed by atoms with Crippen LogP contribution in [-0.2, 0) is 4.74 Å². The molecule has 2 fully saturated rings. The number of ether oxygens (including phenoxy) is 1. The van der Waals surface area contributed by atoms with Crippen molar-refractivity contribution < 1.29 is 17.9 Å². The Kier molecular flexibility index (Phi) is 3.98. The molecule has 0 radical (unpaired) electrons. The fourth-order valence-electron chi connectivity index (χ4n) is 3.23. The Bertz CT molecular complexity index is 251. The summed E-state index contributed by atoms with van der Waals surface area (Å²) in [5, 5.41) is 0. The zero-order chi connectivity index (χ0) is 12.5. The lowest BCUT2D eigenvalue weighted by Gasteiger charge is -2.38. The molecular formula is C12H20F3NO. The summed E-state index contributed by atoms with van der Waals surface area (Å²) in [7, 11) is 0. The average Bonchev–Trinajstić information content (AvgIpc) is 2.80. The van der Waals surface area contributed by atoms with Crippen molar-refractivity contribution in [1.29, 1.82) is 0 Å². The second kappa shape index (κ2) is 5.14. The molecule has 0 aromatic rings. The number of rotatable bonds is 2. The molecule has 4 atom stereocenters. The van der Waals surface area contributed by atoms with E-state index in [-0.39, 0.29) is 18.4 Å². The highest BCUT2D eigenvalue weighted by atomic mass is 19.4. The predicted octanol–water partition coefficient (Wildman–Crippen LogP) is 2.72. The van der Waals surface area contributed by atoms with Gasteiger partial charge in [0.25, 0.3) is 0 Å². The Morgan fingerprint density at radius 1 is 1.12 bits per heavy atom. The van der Waals surface area contributed by atoms with Gasteiger partial charge in [-0.25, -0.2) is 0 Å². The standard InChI is InChI=1S/C12H20F3NO/c13-12(14,15)10-4-2-1-3-9(10)11(16)8-5-6-17-7-8/h8-11H,1-7,16H2. The molecule has 0 amide bonds. The number of halogens is 3. The number of hydrogen-bond donors (Lipinski definition) is 1. The van der Waals surface area contributed by atoms with Gasteiger partial charge in [-0.3, -0.25) is 0 Å². The van der Waals surface area contributed by atoms with Crippen LogP contribution in [0.25, 0.3) is 0 Å². The smallest absolute Gasteiger partial charge is 0.381 e. The van der Waals surface area contributed by atoms with Crippen molar-refractivity contribution in [2.24, 2.45) is 23.5 Å². The van der Waals surface area contributed by atoms with Crippen molar-refractivity contribution in [3.8, 4) is 0 Å². The van der Waals surface area contributed by atoms with Crippen molar-refractivity contribution in [2.45, 2.75) is 44.3 Å². The van der Waals surface area contributed by atoms with Crippen LogP contribution in [0, 0.1) is 17.8 Å². The van der Waals surface area contributed by atoms with Crippen LogP contribution in [0.3, 0.4) is 0 Å². The molecule has 100 valence electrons. The van der Waals surface area contributed by atoms with E-state index in [1.165, 1.54) is 0 Å². The molecule has 2 aliphatic rings. The van der Waals surface area contributed by atoms with Crippen molar-refractivity contribution in [1.82, 2.24) is 0 Å². The second-order valence-electron chi connectivity index (χ2n) is 5.30. The third-order valence-electron chi connectivity index (χ3n) is 4.24. The molecule has 2 N–H and O–H groups in total. The Morgan fingerprint density at radius 2 is 1.82 bits per heavy atom. The fourth-order valence-corrected chi connectivity index (χ4v) is 3.23. The lowest BCUT2D eigenvalue weighted by atomic mass is 9.71. The van der Waals surface area contributed by atoms with E-state index in [2.05, 4.69) is 0 Å². The van der Waals surface area contributed by atoms with Crippen LogP contribution < -0.4 is 5.73 Å². The molecule has 0 aromatic heterocycles. The Labute approximate surface area is 99.7 Å². The maximum absolute atomic E-state index is 13.0. The largest absolute Gasteiger partial charge is 0.392 e. The van der Waals surface area contributed by atoms with E-state index in [4.69, 9.17) is 10.5 Å². The van der Waals surface area contributed by atoms with E-state index in [9.17, 15) is 13.2 Å². The molecule has 2 nitrogen and oxygen atoms in total. The molecular weight excluding hydrogens is 231 g/mol. The maximum atomic E-state index is 13.0. The minimum absolute atomic E-state index is 0.114. The maximum Gasteiger partial charge on any atom is 0.392 e. The van der Waals surface area contributed by atoms with Crippen LogP contribution in [0.1, 0.15) is 32.1 Å². The Hall–Kier alpha value is -0.290. The average molecular weight is 251 g/mol. The van der Waals surface area contributed by atoms with E-state index in [1.54, 1.807) is 0 Å². The number of alkyl halides is 3. The van der Waals surface area contributed by atoms with E-state index >= 15 is 0 Å². The molecule has 1 aliphatic carbocycles. The van der Waals surface area contributed by atoms with Crippen molar-refractivity contribution in [2.75, 3.05) is 13.2 Å². The molecule has 0 aromatic carbocycles. The van der Waals surface area contributed by atoms with E-state index in [0.29, 0.717) is 26.1 Å². The molecule has 2 rings (SSSR count). The van der Waals surface area contributed by atoms with Crippen LogP contribution >= 0.6 is 0 Å². The van der Waals surface area contributed by atoms with Crippen molar-refractivity contribution >= 4 is 0 Å².